The maximum atomic E-state index is 11.7. The van der Waals surface area contributed by atoms with Gasteiger partial charge in [0, 0.05) is 18.1 Å². The fraction of sp³-hybridized carbons (Fsp3) is 0.429. The van der Waals surface area contributed by atoms with Gasteiger partial charge < -0.3 is 9.64 Å². The average Bonchev–Trinajstić information content (AvgIpc) is 2.36. The van der Waals surface area contributed by atoms with Crippen LogP contribution in [0.5, 0.6) is 0 Å². The van der Waals surface area contributed by atoms with E-state index < -0.39 is 5.97 Å². The maximum absolute atomic E-state index is 11.7. The van der Waals surface area contributed by atoms with E-state index in [9.17, 15) is 9.59 Å². The largest absolute Gasteiger partial charge is 0.466 e. The third kappa shape index (κ3) is 5.87. The number of hydrogen-bond acceptors (Lipinski definition) is 3. The molecule has 0 bridgehead atoms. The van der Waals surface area contributed by atoms with Gasteiger partial charge in [-0.05, 0) is 31.0 Å². The van der Waals surface area contributed by atoms with Gasteiger partial charge in [0.2, 0.25) is 5.91 Å². The van der Waals surface area contributed by atoms with Crippen LogP contribution in [0.1, 0.15) is 18.9 Å². The molecule has 0 fully saturated rings. The van der Waals surface area contributed by atoms with Gasteiger partial charge in [0.15, 0.2) is 0 Å². The summed E-state index contributed by atoms with van der Waals surface area (Å²) in [6.07, 6.45) is 0.563. The molecule has 1 aromatic rings. The summed E-state index contributed by atoms with van der Waals surface area (Å²) in [4.78, 5) is 24.5. The van der Waals surface area contributed by atoms with Gasteiger partial charge in [-0.2, -0.15) is 0 Å². The molecule has 0 unspecified atom stereocenters. The monoisotopic (exact) mass is 327 g/mol. The molecule has 0 atom stereocenters. The van der Waals surface area contributed by atoms with E-state index in [2.05, 4.69) is 15.9 Å². The first-order valence-electron chi connectivity index (χ1n) is 6.17. The Morgan fingerprint density at radius 1 is 1.37 bits per heavy atom. The van der Waals surface area contributed by atoms with Gasteiger partial charge in [-0.3, -0.25) is 9.59 Å². The minimum absolute atomic E-state index is 0.192. The van der Waals surface area contributed by atoms with Crippen LogP contribution in [0.2, 0.25) is 0 Å². The molecule has 0 aliphatic heterocycles. The molecule has 1 rings (SSSR count). The van der Waals surface area contributed by atoms with Crippen LogP contribution < -0.4 is 0 Å². The van der Waals surface area contributed by atoms with Crippen molar-refractivity contribution < 1.29 is 14.3 Å². The Kier molecular flexibility index (Phi) is 6.56. The molecule has 0 aliphatic rings. The van der Waals surface area contributed by atoms with E-state index in [4.69, 9.17) is 4.74 Å². The lowest BCUT2D eigenvalue weighted by Gasteiger charge is -2.16. The third-order valence-electron chi connectivity index (χ3n) is 2.65. The summed E-state index contributed by atoms with van der Waals surface area (Å²) in [6.45, 7) is 2.60. The Labute approximate surface area is 121 Å². The van der Waals surface area contributed by atoms with E-state index in [1.54, 1.807) is 18.9 Å². The standard InChI is InChI=1S/C14H18BrNO3/c1-3-19-14(18)10-13(17)16(2)8-7-11-5-4-6-12(15)9-11/h4-6,9H,3,7-8,10H2,1-2H3. The summed E-state index contributed by atoms with van der Waals surface area (Å²) < 4.78 is 5.77. The summed E-state index contributed by atoms with van der Waals surface area (Å²) in [6, 6.07) is 7.94. The summed E-state index contributed by atoms with van der Waals surface area (Å²) in [5.41, 5.74) is 1.14. The van der Waals surface area contributed by atoms with Crippen molar-refractivity contribution >= 4 is 27.8 Å². The van der Waals surface area contributed by atoms with Crippen LogP contribution in [-0.4, -0.2) is 37.0 Å². The average molecular weight is 328 g/mol. The molecule has 0 aliphatic carbocycles. The van der Waals surface area contributed by atoms with Gasteiger partial charge >= 0.3 is 5.97 Å². The lowest BCUT2D eigenvalue weighted by Crippen LogP contribution is -2.31. The second-order valence-electron chi connectivity index (χ2n) is 4.18. The molecule has 0 N–H and O–H groups in total. The Morgan fingerprint density at radius 3 is 2.74 bits per heavy atom. The normalized spacial score (nSPS) is 10.1. The fourth-order valence-corrected chi connectivity index (χ4v) is 2.03. The molecule has 5 heteroatoms. The lowest BCUT2D eigenvalue weighted by atomic mass is 10.1. The molecule has 0 radical (unpaired) electrons. The fourth-order valence-electron chi connectivity index (χ4n) is 1.58. The summed E-state index contributed by atoms with van der Waals surface area (Å²) in [7, 11) is 1.69. The lowest BCUT2D eigenvalue weighted by molar-refractivity contribution is -0.148. The van der Waals surface area contributed by atoms with Crippen LogP contribution in [-0.2, 0) is 20.7 Å². The molecule has 104 valence electrons. The van der Waals surface area contributed by atoms with Crippen LogP contribution in [0.25, 0.3) is 0 Å². The van der Waals surface area contributed by atoms with Crippen molar-refractivity contribution in [2.24, 2.45) is 0 Å². The zero-order valence-corrected chi connectivity index (χ0v) is 12.8. The van der Waals surface area contributed by atoms with E-state index in [-0.39, 0.29) is 12.3 Å². The smallest absolute Gasteiger partial charge is 0.315 e. The molecule has 0 heterocycles. The van der Waals surface area contributed by atoms with Gasteiger partial charge in [0.1, 0.15) is 6.42 Å². The molecular weight excluding hydrogens is 310 g/mol. The summed E-state index contributed by atoms with van der Waals surface area (Å²) in [5.74, 6) is -0.685. The highest BCUT2D eigenvalue weighted by Crippen LogP contribution is 2.12. The molecule has 4 nitrogen and oxygen atoms in total. The number of likely N-dealkylation sites (N-methyl/N-ethyl adjacent to an activating group) is 1. The Bertz CT molecular complexity index is 448. The Hall–Kier alpha value is -1.36. The number of esters is 1. The molecule has 1 amide bonds. The number of carbonyl (C=O) groups is 2. The van der Waals surface area contributed by atoms with Gasteiger partial charge in [-0.25, -0.2) is 0 Å². The minimum Gasteiger partial charge on any atom is -0.466 e. The zero-order chi connectivity index (χ0) is 14.3. The van der Waals surface area contributed by atoms with Crippen molar-refractivity contribution in [2.75, 3.05) is 20.2 Å². The highest BCUT2D eigenvalue weighted by molar-refractivity contribution is 9.10. The second kappa shape index (κ2) is 7.94. The molecule has 0 aromatic heterocycles. The zero-order valence-electron chi connectivity index (χ0n) is 11.2. The highest BCUT2D eigenvalue weighted by Gasteiger charge is 2.14. The number of amides is 1. The predicted molar refractivity (Wildman–Crippen MR) is 76.7 cm³/mol. The number of nitrogens with zero attached hydrogens (tertiary/aromatic N) is 1. The molecule has 1 aromatic carbocycles. The topological polar surface area (TPSA) is 46.6 Å². The van der Waals surface area contributed by atoms with Crippen molar-refractivity contribution in [1.82, 2.24) is 4.90 Å². The van der Waals surface area contributed by atoms with Crippen molar-refractivity contribution in [3.8, 4) is 0 Å². The van der Waals surface area contributed by atoms with Crippen LogP contribution in [0.15, 0.2) is 28.7 Å². The van der Waals surface area contributed by atoms with Crippen LogP contribution in [0.3, 0.4) is 0 Å². The van der Waals surface area contributed by atoms with Gasteiger partial charge in [-0.1, -0.05) is 28.1 Å². The first-order valence-corrected chi connectivity index (χ1v) is 6.96. The summed E-state index contributed by atoms with van der Waals surface area (Å²) >= 11 is 3.41. The predicted octanol–water partition coefficient (Wildman–Crippen LogP) is 2.40. The van der Waals surface area contributed by atoms with E-state index in [0.29, 0.717) is 13.2 Å². The second-order valence-corrected chi connectivity index (χ2v) is 5.09. The van der Waals surface area contributed by atoms with Crippen LogP contribution in [0.4, 0.5) is 0 Å². The molecular formula is C14H18BrNO3. The number of ether oxygens (including phenoxy) is 1. The van der Waals surface area contributed by atoms with Crippen molar-refractivity contribution in [3.63, 3.8) is 0 Å². The molecule has 0 saturated carbocycles. The maximum Gasteiger partial charge on any atom is 0.315 e. The first-order chi connectivity index (χ1) is 9.02. The highest BCUT2D eigenvalue weighted by atomic mass is 79.9. The van der Waals surface area contributed by atoms with Crippen molar-refractivity contribution in [2.45, 2.75) is 19.8 Å². The SMILES string of the molecule is CCOC(=O)CC(=O)N(C)CCc1cccc(Br)c1. The first kappa shape index (κ1) is 15.7. The van der Waals surface area contributed by atoms with Gasteiger partial charge in [-0.15, -0.1) is 0 Å². The van der Waals surface area contributed by atoms with E-state index >= 15 is 0 Å². The number of carbonyl (C=O) groups excluding carboxylic acids is 2. The van der Waals surface area contributed by atoms with Crippen LogP contribution in [0, 0.1) is 0 Å². The van der Waals surface area contributed by atoms with Crippen molar-refractivity contribution in [1.29, 1.82) is 0 Å². The van der Waals surface area contributed by atoms with E-state index in [0.717, 1.165) is 16.5 Å². The molecule has 0 spiro atoms. The number of benzene rings is 1. The Balaban J connectivity index is 2.40. The van der Waals surface area contributed by atoms with Crippen LogP contribution >= 0.6 is 15.9 Å². The van der Waals surface area contributed by atoms with Gasteiger partial charge in [0.25, 0.3) is 0 Å². The molecule has 19 heavy (non-hydrogen) atoms. The minimum atomic E-state index is -0.471. The molecule has 0 saturated heterocycles. The number of rotatable bonds is 6. The van der Waals surface area contributed by atoms with E-state index in [1.165, 1.54) is 0 Å². The Morgan fingerprint density at radius 2 is 2.11 bits per heavy atom. The van der Waals surface area contributed by atoms with Gasteiger partial charge in [0.05, 0.1) is 6.61 Å². The number of halogens is 1. The third-order valence-corrected chi connectivity index (χ3v) is 3.14. The number of hydrogen-bond donors (Lipinski definition) is 0. The van der Waals surface area contributed by atoms with Crippen molar-refractivity contribution in [3.05, 3.63) is 34.3 Å². The quantitative estimate of drug-likeness (QED) is 0.595. The van der Waals surface area contributed by atoms with E-state index in [1.807, 2.05) is 24.3 Å². The summed E-state index contributed by atoms with van der Waals surface area (Å²) in [5, 5.41) is 0.